The van der Waals surface area contributed by atoms with Gasteiger partial charge in [0.2, 0.25) is 5.91 Å². The maximum Gasteiger partial charge on any atom is 0.248 e. The smallest absolute Gasteiger partial charge is 0.248 e. The van der Waals surface area contributed by atoms with Gasteiger partial charge in [0.25, 0.3) is 0 Å². The van der Waals surface area contributed by atoms with Crippen LogP contribution in [-0.2, 0) is 21.2 Å². The molecule has 122 valence electrons. The SMILES string of the molecule is Cc1ccc(CN2CCN(C(=O)CO)[C@@H]3CS(=O)(=O)C[C@@H]32)o1. The summed E-state index contributed by atoms with van der Waals surface area (Å²) in [4.78, 5) is 15.4. The van der Waals surface area contributed by atoms with Gasteiger partial charge < -0.3 is 14.4 Å². The number of rotatable bonds is 3. The van der Waals surface area contributed by atoms with Crippen LogP contribution in [0.15, 0.2) is 16.5 Å². The van der Waals surface area contributed by atoms with Crippen molar-refractivity contribution in [2.24, 2.45) is 0 Å². The Morgan fingerprint density at radius 2 is 2.05 bits per heavy atom. The molecule has 0 unspecified atom stereocenters. The highest BCUT2D eigenvalue weighted by Crippen LogP contribution is 2.28. The number of furan rings is 1. The van der Waals surface area contributed by atoms with Crippen molar-refractivity contribution in [3.8, 4) is 0 Å². The number of fused-ring (bicyclic) bond motifs is 1. The average molecular weight is 328 g/mol. The number of aliphatic hydroxyl groups is 1. The number of amides is 1. The average Bonchev–Trinajstić information content (AvgIpc) is 3.00. The summed E-state index contributed by atoms with van der Waals surface area (Å²) in [6.07, 6.45) is 0. The molecule has 2 aliphatic heterocycles. The molecule has 0 bridgehead atoms. The summed E-state index contributed by atoms with van der Waals surface area (Å²) < 4.78 is 29.6. The molecule has 0 aliphatic carbocycles. The monoisotopic (exact) mass is 328 g/mol. The molecule has 7 nitrogen and oxygen atoms in total. The normalized spacial score (nSPS) is 27.8. The molecule has 3 rings (SSSR count). The lowest BCUT2D eigenvalue weighted by Crippen LogP contribution is -2.60. The molecule has 2 saturated heterocycles. The van der Waals surface area contributed by atoms with Gasteiger partial charge in [-0.1, -0.05) is 0 Å². The number of nitrogens with zero attached hydrogens (tertiary/aromatic N) is 2. The molecular weight excluding hydrogens is 308 g/mol. The lowest BCUT2D eigenvalue weighted by atomic mass is 10.0. The van der Waals surface area contributed by atoms with E-state index in [0.29, 0.717) is 19.6 Å². The summed E-state index contributed by atoms with van der Waals surface area (Å²) in [5, 5.41) is 9.07. The second-order valence-corrected chi connectivity index (χ2v) is 8.09. The molecule has 2 atom stereocenters. The van der Waals surface area contributed by atoms with E-state index in [-0.39, 0.29) is 23.6 Å². The number of aryl methyl sites for hydroxylation is 1. The molecule has 3 heterocycles. The van der Waals surface area contributed by atoms with Crippen molar-refractivity contribution in [1.29, 1.82) is 0 Å². The lowest BCUT2D eigenvalue weighted by molar-refractivity contribution is -0.140. The van der Waals surface area contributed by atoms with E-state index < -0.39 is 22.4 Å². The number of hydrogen-bond acceptors (Lipinski definition) is 6. The topological polar surface area (TPSA) is 91.1 Å². The van der Waals surface area contributed by atoms with E-state index in [9.17, 15) is 13.2 Å². The first-order valence-electron chi connectivity index (χ1n) is 7.30. The first-order valence-corrected chi connectivity index (χ1v) is 9.12. The second kappa shape index (κ2) is 5.68. The molecule has 1 amide bonds. The fourth-order valence-corrected chi connectivity index (χ4v) is 5.40. The molecule has 0 aromatic carbocycles. The Morgan fingerprint density at radius 1 is 1.32 bits per heavy atom. The molecular formula is C14H20N2O5S. The standard InChI is InChI=1S/C14H20N2O5S/c1-10-2-3-11(21-10)6-15-4-5-16(14(18)7-17)13-9-22(19,20)8-12(13)15/h2-3,12-13,17H,4-9H2,1H3/t12-,13+/m0/s1. The summed E-state index contributed by atoms with van der Waals surface area (Å²) in [6.45, 7) is 2.81. The lowest BCUT2D eigenvalue weighted by Gasteiger charge is -2.43. The fourth-order valence-electron chi connectivity index (χ4n) is 3.39. The van der Waals surface area contributed by atoms with Gasteiger partial charge in [-0.15, -0.1) is 0 Å². The van der Waals surface area contributed by atoms with Gasteiger partial charge in [0.15, 0.2) is 9.84 Å². The Bertz CT molecular complexity index is 669. The molecule has 0 spiro atoms. The minimum absolute atomic E-state index is 0.0307. The van der Waals surface area contributed by atoms with E-state index in [4.69, 9.17) is 9.52 Å². The van der Waals surface area contributed by atoms with Crippen LogP contribution in [-0.4, -0.2) is 72.5 Å². The van der Waals surface area contributed by atoms with Crippen LogP contribution in [0, 0.1) is 6.92 Å². The molecule has 1 N–H and O–H groups in total. The minimum atomic E-state index is -3.17. The summed E-state index contributed by atoms with van der Waals surface area (Å²) in [5.41, 5.74) is 0. The Balaban J connectivity index is 1.81. The predicted octanol–water partition coefficient (Wildman–Crippen LogP) is -0.610. The van der Waals surface area contributed by atoms with E-state index in [1.807, 2.05) is 19.1 Å². The number of piperazine rings is 1. The zero-order chi connectivity index (χ0) is 15.9. The van der Waals surface area contributed by atoms with Gasteiger partial charge in [-0.25, -0.2) is 8.42 Å². The van der Waals surface area contributed by atoms with E-state index in [0.717, 1.165) is 11.5 Å². The molecule has 2 fully saturated rings. The first kappa shape index (κ1) is 15.5. The van der Waals surface area contributed by atoms with Gasteiger partial charge in [-0.05, 0) is 19.1 Å². The zero-order valence-corrected chi connectivity index (χ0v) is 13.3. The summed E-state index contributed by atoms with van der Waals surface area (Å²) >= 11 is 0. The van der Waals surface area contributed by atoms with E-state index in [1.54, 1.807) is 0 Å². The number of aliphatic hydroxyl groups excluding tert-OH is 1. The fraction of sp³-hybridized carbons (Fsp3) is 0.643. The van der Waals surface area contributed by atoms with Gasteiger partial charge in [-0.3, -0.25) is 9.69 Å². The van der Waals surface area contributed by atoms with Gasteiger partial charge >= 0.3 is 0 Å². The molecule has 1 aromatic heterocycles. The largest absolute Gasteiger partial charge is 0.465 e. The van der Waals surface area contributed by atoms with E-state index >= 15 is 0 Å². The molecule has 0 saturated carbocycles. The van der Waals surface area contributed by atoms with E-state index in [1.165, 1.54) is 4.90 Å². The number of hydrogen-bond donors (Lipinski definition) is 1. The van der Waals surface area contributed by atoms with Crippen LogP contribution in [0.2, 0.25) is 0 Å². The molecule has 22 heavy (non-hydrogen) atoms. The van der Waals surface area contributed by atoms with Crippen LogP contribution in [0.4, 0.5) is 0 Å². The van der Waals surface area contributed by atoms with Crippen LogP contribution >= 0.6 is 0 Å². The van der Waals surface area contributed by atoms with Crippen LogP contribution in [0.5, 0.6) is 0 Å². The van der Waals surface area contributed by atoms with Crippen molar-refractivity contribution < 1.29 is 22.7 Å². The Morgan fingerprint density at radius 3 is 2.68 bits per heavy atom. The van der Waals surface area contributed by atoms with Crippen LogP contribution < -0.4 is 0 Å². The molecule has 8 heteroatoms. The third kappa shape index (κ3) is 2.90. The van der Waals surface area contributed by atoms with E-state index in [2.05, 4.69) is 4.90 Å². The highest BCUT2D eigenvalue weighted by Gasteiger charge is 2.47. The first-order chi connectivity index (χ1) is 10.4. The van der Waals surface area contributed by atoms with Crippen LogP contribution in [0.3, 0.4) is 0 Å². The summed E-state index contributed by atoms with van der Waals surface area (Å²) in [6, 6.07) is 3.15. The van der Waals surface area contributed by atoms with Gasteiger partial charge in [0.1, 0.15) is 18.1 Å². The summed E-state index contributed by atoms with van der Waals surface area (Å²) in [5.74, 6) is 1.23. The van der Waals surface area contributed by atoms with Crippen LogP contribution in [0.1, 0.15) is 11.5 Å². The highest BCUT2D eigenvalue weighted by atomic mass is 32.2. The van der Waals surface area contributed by atoms with Crippen molar-refractivity contribution in [3.05, 3.63) is 23.7 Å². The van der Waals surface area contributed by atoms with Crippen molar-refractivity contribution in [2.75, 3.05) is 31.2 Å². The van der Waals surface area contributed by atoms with Crippen molar-refractivity contribution in [3.63, 3.8) is 0 Å². The Kier molecular flexibility index (Phi) is 4.00. The number of carbonyl (C=O) groups is 1. The van der Waals surface area contributed by atoms with Gasteiger partial charge in [-0.2, -0.15) is 0 Å². The van der Waals surface area contributed by atoms with Crippen LogP contribution in [0.25, 0.3) is 0 Å². The Hall–Kier alpha value is -1.38. The highest BCUT2D eigenvalue weighted by molar-refractivity contribution is 7.91. The maximum absolute atomic E-state index is 12.0. The second-order valence-electron chi connectivity index (χ2n) is 5.94. The molecule has 1 aromatic rings. The zero-order valence-electron chi connectivity index (χ0n) is 12.4. The predicted molar refractivity (Wildman–Crippen MR) is 78.9 cm³/mol. The Labute approximate surface area is 129 Å². The third-order valence-corrected chi connectivity index (χ3v) is 6.10. The van der Waals surface area contributed by atoms with Crippen molar-refractivity contribution in [1.82, 2.24) is 9.80 Å². The van der Waals surface area contributed by atoms with Gasteiger partial charge in [0.05, 0.1) is 24.1 Å². The number of carbonyl (C=O) groups excluding carboxylic acids is 1. The quantitative estimate of drug-likeness (QED) is 0.796. The maximum atomic E-state index is 12.0. The molecule has 0 radical (unpaired) electrons. The molecule has 2 aliphatic rings. The minimum Gasteiger partial charge on any atom is -0.465 e. The third-order valence-electron chi connectivity index (χ3n) is 4.40. The number of sulfone groups is 1. The summed E-state index contributed by atoms with van der Waals surface area (Å²) in [7, 11) is -3.17. The van der Waals surface area contributed by atoms with Gasteiger partial charge in [0, 0.05) is 19.1 Å². The van der Waals surface area contributed by atoms with Crippen molar-refractivity contribution >= 4 is 15.7 Å². The van der Waals surface area contributed by atoms with Crippen molar-refractivity contribution in [2.45, 2.75) is 25.6 Å².